The van der Waals surface area contributed by atoms with Gasteiger partial charge in [-0.05, 0) is 37.8 Å². The smallest absolute Gasteiger partial charge is 0.309 e. The molecule has 1 aliphatic carbocycles. The first-order valence-corrected chi connectivity index (χ1v) is 10.5. The van der Waals surface area contributed by atoms with Gasteiger partial charge in [-0.2, -0.15) is 0 Å². The topological polar surface area (TPSA) is 123 Å². The number of esters is 1. The number of nitrogens with zero attached hydrogens (tertiary/aromatic N) is 2. The molecule has 1 aliphatic rings. The fourth-order valence-corrected chi connectivity index (χ4v) is 5.06. The number of hydrogen-bond acceptors (Lipinski definition) is 9. The van der Waals surface area contributed by atoms with E-state index in [2.05, 4.69) is 15.3 Å². The first-order valence-electron chi connectivity index (χ1n) is 9.72. The van der Waals surface area contributed by atoms with Gasteiger partial charge in [-0.1, -0.05) is 0 Å². The Bertz CT molecular complexity index is 1130. The van der Waals surface area contributed by atoms with Crippen LogP contribution in [0.2, 0.25) is 0 Å². The van der Waals surface area contributed by atoms with Crippen molar-refractivity contribution in [1.82, 2.24) is 9.97 Å². The summed E-state index contributed by atoms with van der Waals surface area (Å²) in [5, 5.41) is 11.9. The molecule has 0 saturated carbocycles. The molecule has 30 heavy (non-hydrogen) atoms. The highest BCUT2D eigenvalue weighted by Gasteiger charge is 2.30. The van der Waals surface area contributed by atoms with Crippen molar-refractivity contribution in [2.75, 3.05) is 24.8 Å². The van der Waals surface area contributed by atoms with Gasteiger partial charge in [0.15, 0.2) is 0 Å². The van der Waals surface area contributed by atoms with Gasteiger partial charge in [0.1, 0.15) is 22.7 Å². The highest BCUT2D eigenvalue weighted by molar-refractivity contribution is 7.19. The number of fused-ring (bicyclic) bond motifs is 3. The Morgan fingerprint density at radius 1 is 1.43 bits per heavy atom. The zero-order valence-electron chi connectivity index (χ0n) is 16.8. The molecule has 0 bridgehead atoms. The number of methoxy groups -OCH3 is 1. The summed E-state index contributed by atoms with van der Waals surface area (Å²) in [6, 6.07) is 3.46. The Morgan fingerprint density at radius 2 is 2.27 bits per heavy atom. The quantitative estimate of drug-likeness (QED) is 0.313. The van der Waals surface area contributed by atoms with E-state index in [9.17, 15) is 4.79 Å². The van der Waals surface area contributed by atoms with E-state index in [4.69, 9.17) is 20.6 Å². The number of nitrogens with one attached hydrogen (secondary N) is 2. The van der Waals surface area contributed by atoms with E-state index in [1.807, 2.05) is 6.92 Å². The number of benzene rings is 1. The third-order valence-corrected chi connectivity index (χ3v) is 6.44. The number of ether oxygens (including phenoxy) is 2. The maximum Gasteiger partial charge on any atom is 0.309 e. The van der Waals surface area contributed by atoms with Crippen LogP contribution in [0.4, 0.5) is 17.2 Å². The van der Waals surface area contributed by atoms with E-state index in [0.29, 0.717) is 41.5 Å². The largest absolute Gasteiger partial charge is 0.494 e. The average Bonchev–Trinajstić information content (AvgIpc) is 3.13. The Morgan fingerprint density at radius 3 is 3.00 bits per heavy atom. The number of aryl methyl sites for hydroxylation is 1. The minimum Gasteiger partial charge on any atom is -0.494 e. The molecular weight excluding hydrogens is 402 g/mol. The molecule has 0 amide bonds. The highest BCUT2D eigenvalue weighted by Crippen LogP contribution is 2.41. The van der Waals surface area contributed by atoms with Crippen LogP contribution in [0.3, 0.4) is 0 Å². The second kappa shape index (κ2) is 8.27. The van der Waals surface area contributed by atoms with Gasteiger partial charge >= 0.3 is 5.97 Å². The van der Waals surface area contributed by atoms with Gasteiger partial charge in [-0.25, -0.2) is 9.97 Å². The summed E-state index contributed by atoms with van der Waals surface area (Å²) in [4.78, 5) is 23.1. The second-order valence-electron chi connectivity index (χ2n) is 7.05. The van der Waals surface area contributed by atoms with Gasteiger partial charge < -0.3 is 25.9 Å². The van der Waals surface area contributed by atoms with Gasteiger partial charge in [0.2, 0.25) is 0 Å². The molecule has 1 atom stereocenters. The van der Waals surface area contributed by atoms with Gasteiger partial charge in [-0.3, -0.25) is 4.79 Å². The Labute approximate surface area is 177 Å². The molecule has 0 spiro atoms. The van der Waals surface area contributed by atoms with Crippen molar-refractivity contribution < 1.29 is 14.3 Å². The van der Waals surface area contributed by atoms with Crippen molar-refractivity contribution in [3.63, 3.8) is 0 Å². The van der Waals surface area contributed by atoms with Crippen LogP contribution in [-0.4, -0.2) is 35.9 Å². The van der Waals surface area contributed by atoms with E-state index in [-0.39, 0.29) is 11.9 Å². The summed E-state index contributed by atoms with van der Waals surface area (Å²) in [5.41, 5.74) is 8.89. The van der Waals surface area contributed by atoms with Crippen LogP contribution in [0.1, 0.15) is 29.3 Å². The molecule has 2 aromatic heterocycles. The van der Waals surface area contributed by atoms with E-state index in [0.717, 1.165) is 27.9 Å². The summed E-state index contributed by atoms with van der Waals surface area (Å²) in [6.07, 6.45) is 4.91. The summed E-state index contributed by atoms with van der Waals surface area (Å²) in [7, 11) is 1.57. The van der Waals surface area contributed by atoms with E-state index in [1.54, 1.807) is 30.6 Å². The lowest BCUT2D eigenvalue weighted by molar-refractivity contribution is -0.148. The van der Waals surface area contributed by atoms with Gasteiger partial charge in [0.05, 0.1) is 30.7 Å². The van der Waals surface area contributed by atoms with Crippen molar-refractivity contribution in [3.05, 3.63) is 34.5 Å². The molecule has 2 heterocycles. The molecule has 4 N–H and O–H groups in total. The maximum absolute atomic E-state index is 12.2. The van der Waals surface area contributed by atoms with Crippen molar-refractivity contribution in [3.8, 4) is 5.75 Å². The molecule has 156 valence electrons. The van der Waals surface area contributed by atoms with Crippen molar-refractivity contribution in [2.45, 2.75) is 26.2 Å². The lowest BCUT2D eigenvalue weighted by Gasteiger charge is -2.21. The van der Waals surface area contributed by atoms with Crippen molar-refractivity contribution in [1.29, 1.82) is 5.41 Å². The first kappa shape index (κ1) is 20.1. The van der Waals surface area contributed by atoms with Crippen LogP contribution in [0.5, 0.6) is 5.75 Å². The molecule has 0 fully saturated rings. The number of aromatic nitrogens is 2. The van der Waals surface area contributed by atoms with Crippen LogP contribution < -0.4 is 15.8 Å². The van der Waals surface area contributed by atoms with Crippen LogP contribution in [-0.2, 0) is 22.4 Å². The molecule has 4 rings (SSSR count). The molecular formula is C21H23N5O3S. The monoisotopic (exact) mass is 425 g/mol. The number of carbonyl (C=O) groups is 1. The number of hydrogen-bond donors (Lipinski definition) is 3. The normalized spacial score (nSPS) is 15.5. The highest BCUT2D eigenvalue weighted by atomic mass is 32.1. The Kier molecular flexibility index (Phi) is 5.54. The third-order valence-electron chi connectivity index (χ3n) is 5.28. The molecule has 0 saturated heterocycles. The lowest BCUT2D eigenvalue weighted by atomic mass is 9.88. The van der Waals surface area contributed by atoms with Crippen LogP contribution in [0.25, 0.3) is 10.2 Å². The first-order chi connectivity index (χ1) is 14.5. The number of carbonyl (C=O) groups excluding carboxylic acids is 1. The Balaban J connectivity index is 1.73. The fourth-order valence-electron chi connectivity index (χ4n) is 3.80. The minimum atomic E-state index is -0.129. The van der Waals surface area contributed by atoms with Gasteiger partial charge in [-0.15, -0.1) is 11.3 Å². The summed E-state index contributed by atoms with van der Waals surface area (Å²) in [5.74, 6) is 1.00. The molecule has 0 radical (unpaired) electrons. The molecule has 9 heteroatoms. The second-order valence-corrected chi connectivity index (χ2v) is 8.13. The van der Waals surface area contributed by atoms with Crippen LogP contribution >= 0.6 is 11.3 Å². The van der Waals surface area contributed by atoms with E-state index >= 15 is 0 Å². The predicted octanol–water partition coefficient (Wildman–Crippen LogP) is 3.69. The third kappa shape index (κ3) is 3.56. The Hall–Kier alpha value is -3.20. The zero-order valence-corrected chi connectivity index (χ0v) is 17.6. The van der Waals surface area contributed by atoms with Crippen LogP contribution in [0, 0.1) is 11.3 Å². The number of anilines is 3. The standard InChI is InChI=1S/C21H23N5O3S/c1-3-29-21(27)11-4-5-13-17(7-11)30-20-18(13)19(24-10-25-20)26-15-6-12(9-22)14(23)8-16(15)28-2/h6,8-11,22H,3-5,7,23H2,1-2H3,(H,24,25,26). The number of nitrogen functional groups attached to an aromatic ring is 1. The summed E-state index contributed by atoms with van der Waals surface area (Å²) >= 11 is 1.60. The SMILES string of the molecule is CCOC(=O)C1CCc2c(sc3ncnc(Nc4cc(C=N)c(N)cc4OC)c23)C1. The summed E-state index contributed by atoms with van der Waals surface area (Å²) < 4.78 is 10.7. The molecule has 3 aromatic rings. The predicted molar refractivity (Wildman–Crippen MR) is 118 cm³/mol. The van der Waals surface area contributed by atoms with Gasteiger partial charge in [0.25, 0.3) is 0 Å². The minimum absolute atomic E-state index is 0.109. The summed E-state index contributed by atoms with van der Waals surface area (Å²) in [6.45, 7) is 2.23. The maximum atomic E-state index is 12.2. The van der Waals surface area contributed by atoms with Gasteiger partial charge in [0, 0.05) is 28.4 Å². The average molecular weight is 426 g/mol. The lowest BCUT2D eigenvalue weighted by Crippen LogP contribution is -2.23. The van der Waals surface area contributed by atoms with E-state index < -0.39 is 0 Å². The number of thiophene rings is 1. The van der Waals surface area contributed by atoms with Crippen LogP contribution in [0.15, 0.2) is 18.5 Å². The zero-order chi connectivity index (χ0) is 21.3. The molecule has 8 nitrogen and oxygen atoms in total. The fraction of sp³-hybridized carbons (Fsp3) is 0.333. The molecule has 1 aromatic carbocycles. The van der Waals surface area contributed by atoms with Crippen molar-refractivity contribution in [2.24, 2.45) is 5.92 Å². The van der Waals surface area contributed by atoms with E-state index in [1.165, 1.54) is 18.1 Å². The number of rotatable bonds is 6. The number of nitrogens with two attached hydrogens (primary N) is 1. The van der Waals surface area contributed by atoms with Crippen molar-refractivity contribution >= 4 is 50.9 Å². The molecule has 0 aliphatic heterocycles. The molecule has 1 unspecified atom stereocenters.